The molecule has 0 saturated carbocycles. The van der Waals surface area contributed by atoms with E-state index in [-0.39, 0.29) is 26.2 Å². The fourth-order valence-electron chi connectivity index (χ4n) is 0.721. The van der Waals surface area contributed by atoms with Gasteiger partial charge in [-0.3, -0.25) is 0 Å². The molecule has 0 unspecified atom stereocenters. The van der Waals surface area contributed by atoms with E-state index in [2.05, 4.69) is 46.7 Å². The maximum absolute atomic E-state index is 3.36. The van der Waals surface area contributed by atoms with Crippen LogP contribution < -0.4 is 0 Å². The second-order valence-electron chi connectivity index (χ2n) is 4.04. The third-order valence-corrected chi connectivity index (χ3v) is 4.31. The fourth-order valence-corrected chi connectivity index (χ4v) is 3.92. The first-order valence-corrected chi connectivity index (χ1v) is 11.3. The molecule has 115 valence electrons. The van der Waals surface area contributed by atoms with Crippen LogP contribution in [0.1, 0.15) is 6.92 Å². The summed E-state index contributed by atoms with van der Waals surface area (Å²) in [7, 11) is 0.766. The minimum absolute atomic E-state index is 0. The van der Waals surface area contributed by atoms with Crippen LogP contribution in [0.4, 0.5) is 0 Å². The predicted molar refractivity (Wildman–Crippen MR) is 101 cm³/mol. The largest absolute Gasteiger partial charge is 0.346 e. The Kier molecular flexibility index (Phi) is 40.3. The van der Waals surface area contributed by atoms with Gasteiger partial charge >= 0.3 is 0 Å². The van der Waals surface area contributed by atoms with E-state index >= 15 is 0 Å². The molecular weight excluding hydrogens is 357 g/mol. The van der Waals surface area contributed by atoms with E-state index in [0.717, 1.165) is 0 Å². The van der Waals surface area contributed by atoms with Gasteiger partial charge in [0.1, 0.15) is 0 Å². The Hall–Kier alpha value is 0.703. The van der Waals surface area contributed by atoms with E-state index in [1.165, 1.54) is 12.3 Å². The summed E-state index contributed by atoms with van der Waals surface area (Å²) in [6.07, 6.45) is 16.2. The summed E-state index contributed by atoms with van der Waals surface area (Å²) >= 11 is 0. The third kappa shape index (κ3) is 42.8. The third-order valence-electron chi connectivity index (χ3n) is 1.72. The number of rotatable bonds is 4. The molecule has 0 aliphatic heterocycles. The zero-order chi connectivity index (χ0) is 15.5. The molecule has 1 aliphatic carbocycles. The van der Waals surface area contributed by atoms with Crippen molar-refractivity contribution in [3.63, 3.8) is 0 Å². The van der Waals surface area contributed by atoms with Gasteiger partial charge in [0.05, 0.1) is 0 Å². The molecule has 1 aliphatic rings. The summed E-state index contributed by atoms with van der Waals surface area (Å²) in [4.78, 5) is 0. The summed E-state index contributed by atoms with van der Waals surface area (Å²) in [5.74, 6) is 0. The molecule has 0 heterocycles. The standard InChI is InChI=1S/C6H16P2.C5H5.C4H6.C2H5.Zr/c1-7(2)5-6-8(3)4;1-2-4-5-3-1;1-3-4-2;1-2;/h5-6H2,1-4H3;1-5H;3-4H,1-2H2;1H2,2H3;/q;;;-1;. The molecule has 0 aromatic rings. The van der Waals surface area contributed by atoms with Crippen molar-refractivity contribution in [1.82, 2.24) is 0 Å². The van der Waals surface area contributed by atoms with Gasteiger partial charge in [0.25, 0.3) is 0 Å². The Morgan fingerprint density at radius 1 is 0.800 bits per heavy atom. The van der Waals surface area contributed by atoms with Gasteiger partial charge in [0.2, 0.25) is 0 Å². The maximum atomic E-state index is 3.36. The first-order chi connectivity index (χ1) is 9.04. The normalized spacial score (nSPS) is 10.2. The van der Waals surface area contributed by atoms with Gasteiger partial charge in [-0.15, -0.1) is 15.8 Å². The topological polar surface area (TPSA) is 0 Å². The van der Waals surface area contributed by atoms with E-state index in [1.54, 1.807) is 19.1 Å². The van der Waals surface area contributed by atoms with Crippen LogP contribution in [0.3, 0.4) is 0 Å². The van der Waals surface area contributed by atoms with Crippen molar-refractivity contribution in [1.29, 1.82) is 0 Å². The van der Waals surface area contributed by atoms with Crippen molar-refractivity contribution in [3.8, 4) is 0 Å². The van der Waals surface area contributed by atoms with E-state index in [9.17, 15) is 0 Å². The molecule has 0 saturated heterocycles. The molecule has 0 atom stereocenters. The monoisotopic (exact) mass is 388 g/mol. The van der Waals surface area contributed by atoms with Crippen LogP contribution in [0.2, 0.25) is 0 Å². The molecule has 0 fully saturated rings. The van der Waals surface area contributed by atoms with Crippen LogP contribution in [0.15, 0.2) is 49.6 Å². The zero-order valence-corrected chi connectivity index (χ0v) is 18.2. The number of hydrogen-bond acceptors (Lipinski definition) is 0. The predicted octanol–water partition coefficient (Wildman–Crippen LogP) is 5.98. The van der Waals surface area contributed by atoms with E-state index in [4.69, 9.17) is 0 Å². The van der Waals surface area contributed by atoms with Gasteiger partial charge in [-0.25, -0.2) is 0 Å². The molecule has 0 aromatic carbocycles. The van der Waals surface area contributed by atoms with Crippen molar-refractivity contribution in [3.05, 3.63) is 63.0 Å². The van der Waals surface area contributed by atoms with E-state index in [0.29, 0.717) is 15.8 Å². The molecule has 20 heavy (non-hydrogen) atoms. The average Bonchev–Trinajstić information content (AvgIpc) is 2.98. The van der Waals surface area contributed by atoms with Crippen LogP contribution in [-0.2, 0) is 26.2 Å². The van der Waals surface area contributed by atoms with E-state index in [1.807, 2.05) is 30.7 Å². The van der Waals surface area contributed by atoms with Crippen molar-refractivity contribution in [2.24, 2.45) is 0 Å². The molecule has 0 aromatic heterocycles. The molecule has 1 radical (unpaired) electrons. The van der Waals surface area contributed by atoms with Gasteiger partial charge in [-0.1, -0.05) is 49.6 Å². The Labute approximate surface area is 150 Å². The van der Waals surface area contributed by atoms with Gasteiger partial charge < -0.3 is 6.92 Å². The van der Waals surface area contributed by atoms with Gasteiger partial charge in [-0.2, -0.15) is 6.92 Å². The Balaban J connectivity index is -0.0000000928. The summed E-state index contributed by atoms with van der Waals surface area (Å²) in [5.41, 5.74) is 0. The van der Waals surface area contributed by atoms with Crippen LogP contribution in [0, 0.1) is 13.3 Å². The summed E-state index contributed by atoms with van der Waals surface area (Å²) in [5, 5.41) is 0. The molecule has 0 amide bonds. The second-order valence-corrected chi connectivity index (χ2v) is 9.25. The Morgan fingerprint density at radius 2 is 1.10 bits per heavy atom. The number of hydrogen-bond donors (Lipinski definition) is 0. The summed E-state index contributed by atoms with van der Waals surface area (Å²) in [6.45, 7) is 21.1. The molecule has 0 nitrogen and oxygen atoms in total. The summed E-state index contributed by atoms with van der Waals surface area (Å²) < 4.78 is 0. The Morgan fingerprint density at radius 3 is 1.20 bits per heavy atom. The van der Waals surface area contributed by atoms with Crippen molar-refractivity contribution < 1.29 is 26.2 Å². The minimum Gasteiger partial charge on any atom is -0.346 e. The van der Waals surface area contributed by atoms with Crippen LogP contribution in [0.5, 0.6) is 0 Å². The van der Waals surface area contributed by atoms with Crippen molar-refractivity contribution in [2.45, 2.75) is 6.92 Å². The maximum Gasteiger partial charge on any atom is 0.00506 e. The molecule has 1 rings (SSSR count). The van der Waals surface area contributed by atoms with E-state index < -0.39 is 0 Å². The molecule has 0 N–H and O–H groups in total. The quantitative estimate of drug-likeness (QED) is 0.315. The van der Waals surface area contributed by atoms with Crippen LogP contribution in [-0.4, -0.2) is 39.0 Å². The van der Waals surface area contributed by atoms with Crippen LogP contribution >= 0.6 is 15.8 Å². The minimum atomic E-state index is 0. The smallest absolute Gasteiger partial charge is 0.00506 e. The van der Waals surface area contributed by atoms with Crippen molar-refractivity contribution >= 4 is 15.8 Å². The fraction of sp³-hybridized carbons (Fsp3) is 0.412. The molecule has 0 bridgehead atoms. The summed E-state index contributed by atoms with van der Waals surface area (Å²) in [6, 6.07) is 0. The molecule has 0 spiro atoms. The first kappa shape index (κ1) is 28.8. The SMILES string of the molecule is C=CC=C.CP(C)CCP(C)C.[CH2-]C.[CH]1C=CC=C1.[Zr]. The zero-order valence-electron chi connectivity index (χ0n) is 14.0. The van der Waals surface area contributed by atoms with Gasteiger partial charge in [0.15, 0.2) is 0 Å². The number of allylic oxidation sites excluding steroid dienone is 6. The molecular formula is C17H32P2Zr-. The average molecular weight is 390 g/mol. The second kappa shape index (κ2) is 28.0. The van der Waals surface area contributed by atoms with Crippen molar-refractivity contribution in [2.75, 3.05) is 39.0 Å². The van der Waals surface area contributed by atoms with Crippen LogP contribution in [0.25, 0.3) is 0 Å². The van der Waals surface area contributed by atoms with Gasteiger partial charge in [-0.05, 0) is 39.0 Å². The first-order valence-electron chi connectivity index (χ1n) is 6.44. The Bertz CT molecular complexity index is 207. The van der Waals surface area contributed by atoms with Gasteiger partial charge in [0, 0.05) is 32.6 Å². The molecule has 3 heteroatoms.